The fraction of sp³-hybridized carbons (Fsp3) is 0.214. The van der Waals surface area contributed by atoms with E-state index in [1.807, 2.05) is 0 Å². The Kier molecular flexibility index (Phi) is 4.47. The van der Waals surface area contributed by atoms with Gasteiger partial charge in [-0.25, -0.2) is 9.37 Å². The minimum absolute atomic E-state index is 0.0547. The smallest absolute Gasteiger partial charge is 0.300 e. The predicted octanol–water partition coefficient (Wildman–Crippen LogP) is 3.50. The van der Waals surface area contributed by atoms with Gasteiger partial charge in [0, 0.05) is 5.56 Å². The van der Waals surface area contributed by atoms with Crippen LogP contribution >= 0.6 is 11.8 Å². The van der Waals surface area contributed by atoms with Crippen molar-refractivity contribution in [2.75, 3.05) is 6.26 Å². The number of H-pyrrole nitrogens is 1. The van der Waals surface area contributed by atoms with Crippen molar-refractivity contribution in [3.63, 3.8) is 0 Å². The zero-order valence-corrected chi connectivity index (χ0v) is 12.7. The molecule has 0 aliphatic carbocycles. The summed E-state index contributed by atoms with van der Waals surface area (Å²) in [5.74, 6) is -1.03. The van der Waals surface area contributed by atoms with Crippen LogP contribution in [0.1, 0.15) is 16.7 Å². The van der Waals surface area contributed by atoms with Gasteiger partial charge in [0.25, 0.3) is 5.56 Å². The first-order chi connectivity index (χ1) is 10.7. The van der Waals surface area contributed by atoms with E-state index in [0.29, 0.717) is 0 Å². The SMILES string of the molecule is CSc1nc(-c2ccc(F)c(C)c2C(F)(F)F)c(C#N)c(=O)[nH]1. The molecule has 23 heavy (non-hydrogen) atoms. The molecule has 0 aliphatic heterocycles. The molecule has 0 bridgehead atoms. The Balaban J connectivity index is 2.94. The summed E-state index contributed by atoms with van der Waals surface area (Å²) in [6, 6.07) is 3.27. The maximum Gasteiger partial charge on any atom is 0.417 e. The number of halogens is 4. The van der Waals surface area contributed by atoms with Gasteiger partial charge in [-0.15, -0.1) is 0 Å². The second-order valence-electron chi connectivity index (χ2n) is 4.50. The summed E-state index contributed by atoms with van der Waals surface area (Å²) >= 11 is 1.00. The van der Waals surface area contributed by atoms with Crippen molar-refractivity contribution in [2.45, 2.75) is 18.3 Å². The number of aromatic nitrogens is 2. The van der Waals surface area contributed by atoms with Crippen LogP contribution in [-0.2, 0) is 6.18 Å². The van der Waals surface area contributed by atoms with Crippen LogP contribution < -0.4 is 5.56 Å². The lowest BCUT2D eigenvalue weighted by molar-refractivity contribution is -0.137. The molecule has 0 saturated carbocycles. The van der Waals surface area contributed by atoms with E-state index in [9.17, 15) is 22.4 Å². The van der Waals surface area contributed by atoms with Gasteiger partial charge < -0.3 is 4.98 Å². The zero-order chi connectivity index (χ0) is 17.4. The maximum absolute atomic E-state index is 13.6. The van der Waals surface area contributed by atoms with Crippen molar-refractivity contribution in [3.05, 3.63) is 45.0 Å². The van der Waals surface area contributed by atoms with Crippen molar-refractivity contribution >= 4 is 11.8 Å². The van der Waals surface area contributed by atoms with Crippen LogP contribution in [0.5, 0.6) is 0 Å². The number of nitrogens with zero attached hydrogens (tertiary/aromatic N) is 2. The van der Waals surface area contributed by atoms with E-state index in [-0.39, 0.29) is 5.16 Å². The summed E-state index contributed by atoms with van der Waals surface area (Å²) in [6.45, 7) is 0.982. The Morgan fingerprint density at radius 1 is 1.35 bits per heavy atom. The minimum atomic E-state index is -4.86. The van der Waals surface area contributed by atoms with Crippen LogP contribution in [0.25, 0.3) is 11.3 Å². The fourth-order valence-corrected chi connectivity index (χ4v) is 2.47. The first kappa shape index (κ1) is 17.0. The summed E-state index contributed by atoms with van der Waals surface area (Å²) in [4.78, 5) is 18.0. The van der Waals surface area contributed by atoms with E-state index in [1.54, 1.807) is 12.3 Å². The molecule has 1 aromatic heterocycles. The standard InChI is InChI=1S/C14H9F4N3OS/c1-6-9(15)4-3-7(10(6)14(16,17)18)11-8(5-19)12(22)21-13(20-11)23-2/h3-4H,1-2H3,(H,20,21,22). The number of nitriles is 1. The Hall–Kier alpha value is -2.34. The monoisotopic (exact) mass is 343 g/mol. The van der Waals surface area contributed by atoms with Crippen molar-refractivity contribution in [1.29, 1.82) is 5.26 Å². The topological polar surface area (TPSA) is 69.5 Å². The molecule has 1 aromatic carbocycles. The molecule has 0 unspecified atom stereocenters. The van der Waals surface area contributed by atoms with E-state index in [2.05, 4.69) is 9.97 Å². The summed E-state index contributed by atoms with van der Waals surface area (Å²) in [5.41, 5.74) is -4.20. The highest BCUT2D eigenvalue weighted by Gasteiger charge is 2.37. The molecule has 120 valence electrons. The van der Waals surface area contributed by atoms with Crippen LogP contribution in [0, 0.1) is 24.1 Å². The number of aromatic amines is 1. The number of thioether (sulfide) groups is 1. The molecule has 1 heterocycles. The Morgan fingerprint density at radius 3 is 2.52 bits per heavy atom. The molecule has 4 nitrogen and oxygen atoms in total. The lowest BCUT2D eigenvalue weighted by atomic mass is 9.96. The molecule has 0 aliphatic rings. The first-order valence-electron chi connectivity index (χ1n) is 6.15. The van der Waals surface area contributed by atoms with Crippen molar-refractivity contribution in [1.82, 2.24) is 9.97 Å². The molecule has 0 saturated heterocycles. The lowest BCUT2D eigenvalue weighted by Crippen LogP contribution is -2.17. The number of alkyl halides is 3. The number of benzene rings is 1. The van der Waals surface area contributed by atoms with Gasteiger partial charge in [-0.3, -0.25) is 4.79 Å². The van der Waals surface area contributed by atoms with E-state index in [0.717, 1.165) is 30.8 Å². The highest BCUT2D eigenvalue weighted by molar-refractivity contribution is 7.98. The zero-order valence-electron chi connectivity index (χ0n) is 11.9. The van der Waals surface area contributed by atoms with Crippen molar-refractivity contribution in [3.8, 4) is 17.3 Å². The summed E-state index contributed by atoms with van der Waals surface area (Å²) in [5, 5.41) is 9.12. The average molecular weight is 343 g/mol. The Morgan fingerprint density at radius 2 is 2.00 bits per heavy atom. The highest BCUT2D eigenvalue weighted by Crippen LogP contribution is 2.40. The molecule has 0 amide bonds. The van der Waals surface area contributed by atoms with Gasteiger partial charge in [0.2, 0.25) is 0 Å². The third-order valence-corrected chi connectivity index (χ3v) is 3.72. The van der Waals surface area contributed by atoms with Gasteiger partial charge in [-0.05, 0) is 30.9 Å². The largest absolute Gasteiger partial charge is 0.417 e. The highest BCUT2D eigenvalue weighted by atomic mass is 32.2. The molecular formula is C14H9F4N3OS. The van der Waals surface area contributed by atoms with Crippen LogP contribution in [0.4, 0.5) is 17.6 Å². The number of hydrogen-bond acceptors (Lipinski definition) is 4. The second kappa shape index (κ2) is 6.04. The molecular weight excluding hydrogens is 334 g/mol. The van der Waals surface area contributed by atoms with Gasteiger partial charge in [0.05, 0.1) is 11.3 Å². The third-order valence-electron chi connectivity index (χ3n) is 3.14. The van der Waals surface area contributed by atoms with E-state index in [4.69, 9.17) is 5.26 Å². The van der Waals surface area contributed by atoms with Crippen LogP contribution in [0.15, 0.2) is 22.1 Å². The quantitative estimate of drug-likeness (QED) is 0.515. The van der Waals surface area contributed by atoms with Crippen LogP contribution in [0.3, 0.4) is 0 Å². The minimum Gasteiger partial charge on any atom is -0.300 e. The number of rotatable bonds is 2. The van der Waals surface area contributed by atoms with Gasteiger partial charge in [-0.2, -0.15) is 18.4 Å². The van der Waals surface area contributed by atoms with Gasteiger partial charge >= 0.3 is 6.18 Å². The van der Waals surface area contributed by atoms with Gasteiger partial charge in [-0.1, -0.05) is 11.8 Å². The van der Waals surface area contributed by atoms with E-state index in [1.165, 1.54) is 0 Å². The summed E-state index contributed by atoms with van der Waals surface area (Å²) in [6.07, 6.45) is -3.30. The first-order valence-corrected chi connectivity index (χ1v) is 7.38. The molecule has 0 atom stereocenters. The molecule has 9 heteroatoms. The van der Waals surface area contributed by atoms with Gasteiger partial charge in [0.1, 0.15) is 17.4 Å². The van der Waals surface area contributed by atoms with E-state index < -0.39 is 45.5 Å². The molecule has 0 radical (unpaired) electrons. The molecule has 0 fully saturated rings. The lowest BCUT2D eigenvalue weighted by Gasteiger charge is -2.16. The molecule has 2 aromatic rings. The fourth-order valence-electron chi connectivity index (χ4n) is 2.10. The summed E-state index contributed by atoms with van der Waals surface area (Å²) in [7, 11) is 0. The van der Waals surface area contributed by atoms with E-state index >= 15 is 0 Å². The van der Waals surface area contributed by atoms with Crippen molar-refractivity contribution < 1.29 is 17.6 Å². The number of hydrogen-bond donors (Lipinski definition) is 1. The predicted molar refractivity (Wildman–Crippen MR) is 76.5 cm³/mol. The van der Waals surface area contributed by atoms with Crippen LogP contribution in [0.2, 0.25) is 0 Å². The van der Waals surface area contributed by atoms with Crippen LogP contribution in [-0.4, -0.2) is 16.2 Å². The Labute approximate surface area is 132 Å². The maximum atomic E-state index is 13.6. The third kappa shape index (κ3) is 3.07. The molecule has 2 rings (SSSR count). The average Bonchev–Trinajstić information content (AvgIpc) is 2.47. The number of nitrogens with one attached hydrogen (secondary N) is 1. The second-order valence-corrected chi connectivity index (χ2v) is 5.30. The molecule has 0 spiro atoms. The normalized spacial score (nSPS) is 11.3. The van der Waals surface area contributed by atoms with Gasteiger partial charge in [0.15, 0.2) is 5.16 Å². The molecule has 1 N–H and O–H groups in total. The Bertz CT molecular complexity index is 868. The van der Waals surface area contributed by atoms with Crippen molar-refractivity contribution in [2.24, 2.45) is 0 Å². The summed E-state index contributed by atoms with van der Waals surface area (Å²) < 4.78 is 53.5.